The van der Waals surface area contributed by atoms with Crippen LogP contribution in [0.1, 0.15) is 50.4 Å². The van der Waals surface area contributed by atoms with Crippen molar-refractivity contribution in [1.29, 1.82) is 5.26 Å². The smallest absolute Gasteiger partial charge is 0.410 e. The van der Waals surface area contributed by atoms with Gasteiger partial charge in [-0.15, -0.1) is 0 Å². The fourth-order valence-corrected chi connectivity index (χ4v) is 5.99. The van der Waals surface area contributed by atoms with Crippen molar-refractivity contribution in [1.82, 2.24) is 25.0 Å². The molecule has 0 radical (unpaired) electrons. The molecule has 1 aromatic carbocycles. The summed E-state index contributed by atoms with van der Waals surface area (Å²) in [5.74, 6) is -3.89. The lowest BCUT2D eigenvalue weighted by atomic mass is 10.1. The summed E-state index contributed by atoms with van der Waals surface area (Å²) in [6, 6.07) is 7.70. The number of carbonyl (C=O) groups is 3. The summed E-state index contributed by atoms with van der Waals surface area (Å²) in [5, 5.41) is 12.1. The third kappa shape index (κ3) is 6.96. The molecular weight excluding hydrogens is 562 g/mol. The van der Waals surface area contributed by atoms with E-state index < -0.39 is 48.9 Å². The van der Waals surface area contributed by atoms with Crippen LogP contribution in [0.25, 0.3) is 10.9 Å². The number of hydrogen-bond acceptors (Lipinski definition) is 8. The Morgan fingerprint density at radius 1 is 1.16 bits per heavy atom. The average Bonchev–Trinajstić information content (AvgIpc) is 3.64. The first-order valence-corrected chi connectivity index (χ1v) is 14.4. The van der Waals surface area contributed by atoms with Gasteiger partial charge in [0.1, 0.15) is 17.4 Å². The molecule has 1 aromatic heterocycles. The molecule has 0 unspecified atom stereocenters. The first kappa shape index (κ1) is 30.4. The lowest BCUT2D eigenvalue weighted by molar-refractivity contribution is -0.131. The molecule has 13 heteroatoms. The van der Waals surface area contributed by atoms with Gasteiger partial charge < -0.3 is 24.6 Å². The van der Waals surface area contributed by atoms with Crippen LogP contribution in [-0.4, -0.2) is 107 Å². The number of benzene rings is 1. The maximum atomic E-state index is 13.7. The predicted octanol–water partition coefficient (Wildman–Crippen LogP) is 3.19. The normalized spacial score (nSPS) is 22.9. The number of alkyl halides is 2. The number of amides is 3. The Balaban J connectivity index is 1.12. The van der Waals surface area contributed by atoms with Crippen LogP contribution in [0.2, 0.25) is 0 Å². The van der Waals surface area contributed by atoms with Gasteiger partial charge in [0, 0.05) is 49.7 Å². The van der Waals surface area contributed by atoms with Crippen LogP contribution in [0, 0.1) is 11.3 Å². The van der Waals surface area contributed by atoms with Gasteiger partial charge in [0.25, 0.3) is 11.8 Å². The topological polar surface area (TPSA) is 128 Å². The van der Waals surface area contributed by atoms with Crippen molar-refractivity contribution in [3.8, 4) is 11.8 Å². The molecule has 43 heavy (non-hydrogen) atoms. The standard InChI is InChI=1S/C30H36F2N6O5/c1-29(2,3)43-28(41)37-17-19-11-20(37)16-36(19)9-4-10-42-22-5-6-25-24(12-22)23(7-8-34-25)27(40)35-15-26(39)38-18-30(31,32)13-21(38)14-33/h5-8,12,19-21H,4,9-11,13,15-18H2,1-3H3,(H,35,40)/t19-,20-,21-/m0/s1. The number of rotatable bonds is 8. The van der Waals surface area contributed by atoms with Crippen molar-refractivity contribution in [3.63, 3.8) is 0 Å². The Labute approximate surface area is 248 Å². The largest absolute Gasteiger partial charge is 0.494 e. The number of fused-ring (bicyclic) bond motifs is 3. The molecule has 3 fully saturated rings. The number of nitriles is 1. The van der Waals surface area contributed by atoms with Crippen molar-refractivity contribution in [3.05, 3.63) is 36.0 Å². The van der Waals surface area contributed by atoms with E-state index >= 15 is 0 Å². The molecule has 2 aromatic rings. The zero-order chi connectivity index (χ0) is 30.9. The predicted molar refractivity (Wildman–Crippen MR) is 152 cm³/mol. The minimum absolute atomic E-state index is 0.165. The maximum absolute atomic E-state index is 13.7. The number of carbonyl (C=O) groups excluding carboxylic acids is 3. The molecule has 3 aliphatic heterocycles. The summed E-state index contributed by atoms with van der Waals surface area (Å²) in [6.45, 7) is 7.00. The second-order valence-corrected chi connectivity index (χ2v) is 12.3. The van der Waals surface area contributed by atoms with Gasteiger partial charge in [0.15, 0.2) is 0 Å². The molecule has 5 rings (SSSR count). The number of ether oxygens (including phenoxy) is 2. The SMILES string of the molecule is CC(C)(C)OC(=O)N1C[C@@H]2C[C@H]1CN2CCCOc1ccc2nccc(C(=O)NCC(=O)N3CC(F)(F)C[C@H]3C#N)c2c1. The lowest BCUT2D eigenvalue weighted by Crippen LogP contribution is -2.50. The minimum atomic E-state index is -3.13. The van der Waals surface area contributed by atoms with E-state index in [9.17, 15) is 23.2 Å². The molecule has 4 heterocycles. The van der Waals surface area contributed by atoms with Crippen molar-refractivity contribution in [2.45, 2.75) is 69.7 Å². The highest BCUT2D eigenvalue weighted by atomic mass is 19.3. The second-order valence-electron chi connectivity index (χ2n) is 12.3. The number of nitrogens with one attached hydrogen (secondary N) is 1. The first-order chi connectivity index (χ1) is 20.3. The van der Waals surface area contributed by atoms with E-state index in [4.69, 9.17) is 14.7 Å². The van der Waals surface area contributed by atoms with E-state index in [1.807, 2.05) is 25.7 Å². The van der Waals surface area contributed by atoms with Crippen LogP contribution in [0.15, 0.2) is 30.5 Å². The number of nitrogens with zero attached hydrogens (tertiary/aromatic N) is 5. The van der Waals surface area contributed by atoms with E-state index in [0.717, 1.165) is 30.8 Å². The molecule has 230 valence electrons. The van der Waals surface area contributed by atoms with Gasteiger partial charge in [0.05, 0.1) is 36.8 Å². The van der Waals surface area contributed by atoms with Gasteiger partial charge in [-0.25, -0.2) is 13.6 Å². The molecule has 11 nitrogen and oxygen atoms in total. The number of pyridine rings is 1. The highest BCUT2D eigenvalue weighted by molar-refractivity contribution is 6.07. The highest BCUT2D eigenvalue weighted by Crippen LogP contribution is 2.33. The fourth-order valence-electron chi connectivity index (χ4n) is 5.99. The summed E-state index contributed by atoms with van der Waals surface area (Å²) in [7, 11) is 0. The number of piperazine rings is 1. The molecule has 1 N–H and O–H groups in total. The molecule has 0 saturated carbocycles. The van der Waals surface area contributed by atoms with E-state index in [1.54, 1.807) is 24.3 Å². The molecule has 0 aliphatic carbocycles. The van der Waals surface area contributed by atoms with Crippen molar-refractivity contribution < 1.29 is 32.6 Å². The minimum Gasteiger partial charge on any atom is -0.494 e. The van der Waals surface area contributed by atoms with Crippen LogP contribution in [0.5, 0.6) is 5.75 Å². The second kappa shape index (κ2) is 11.9. The number of halogens is 2. The summed E-state index contributed by atoms with van der Waals surface area (Å²) in [6.07, 6.45) is 2.22. The summed E-state index contributed by atoms with van der Waals surface area (Å²) < 4.78 is 38.9. The molecule has 2 bridgehead atoms. The van der Waals surface area contributed by atoms with Gasteiger partial charge in [0.2, 0.25) is 5.91 Å². The first-order valence-electron chi connectivity index (χ1n) is 14.4. The third-order valence-corrected chi connectivity index (χ3v) is 7.94. The number of hydrogen-bond donors (Lipinski definition) is 1. The van der Waals surface area contributed by atoms with Gasteiger partial charge in [-0.05, 0) is 57.9 Å². The maximum Gasteiger partial charge on any atom is 0.410 e. The Kier molecular flexibility index (Phi) is 8.42. The van der Waals surface area contributed by atoms with Gasteiger partial charge in [-0.1, -0.05) is 0 Å². The van der Waals surface area contributed by atoms with Crippen LogP contribution in [0.3, 0.4) is 0 Å². The van der Waals surface area contributed by atoms with Crippen LogP contribution >= 0.6 is 0 Å². The van der Waals surface area contributed by atoms with Crippen LogP contribution in [0.4, 0.5) is 13.6 Å². The molecule has 0 spiro atoms. The lowest BCUT2D eigenvalue weighted by Gasteiger charge is -2.35. The zero-order valence-electron chi connectivity index (χ0n) is 24.5. The summed E-state index contributed by atoms with van der Waals surface area (Å²) >= 11 is 0. The van der Waals surface area contributed by atoms with Gasteiger partial charge in [-0.2, -0.15) is 5.26 Å². The average molecular weight is 599 g/mol. The highest BCUT2D eigenvalue weighted by Gasteiger charge is 2.47. The van der Waals surface area contributed by atoms with Crippen LogP contribution in [-0.2, 0) is 9.53 Å². The Bertz CT molecular complexity index is 1440. The molecule has 3 aliphatic rings. The third-order valence-electron chi connectivity index (χ3n) is 7.94. The van der Waals surface area contributed by atoms with E-state index in [0.29, 0.717) is 35.8 Å². The molecule has 3 saturated heterocycles. The fraction of sp³-hybridized carbons (Fsp3) is 0.567. The van der Waals surface area contributed by atoms with Crippen molar-refractivity contribution >= 4 is 28.8 Å². The Hall–Kier alpha value is -4.05. The molecular formula is C30H36F2N6O5. The van der Waals surface area contributed by atoms with Gasteiger partial charge in [-0.3, -0.25) is 19.5 Å². The quantitative estimate of drug-likeness (QED) is 0.459. The van der Waals surface area contributed by atoms with Crippen molar-refractivity contribution in [2.24, 2.45) is 0 Å². The van der Waals surface area contributed by atoms with Crippen LogP contribution < -0.4 is 10.1 Å². The molecule has 3 amide bonds. The van der Waals surface area contributed by atoms with E-state index in [-0.39, 0.29) is 17.7 Å². The Morgan fingerprint density at radius 2 is 1.95 bits per heavy atom. The van der Waals surface area contributed by atoms with Gasteiger partial charge >= 0.3 is 6.09 Å². The van der Waals surface area contributed by atoms with Crippen molar-refractivity contribution in [2.75, 3.05) is 39.3 Å². The zero-order valence-corrected chi connectivity index (χ0v) is 24.5. The summed E-state index contributed by atoms with van der Waals surface area (Å²) in [4.78, 5) is 47.3. The molecule has 3 atom stereocenters. The van der Waals surface area contributed by atoms with E-state index in [1.165, 1.54) is 12.3 Å². The number of aromatic nitrogens is 1. The monoisotopic (exact) mass is 598 g/mol. The number of likely N-dealkylation sites (tertiary alicyclic amines) is 3. The Morgan fingerprint density at radius 3 is 2.65 bits per heavy atom. The van der Waals surface area contributed by atoms with E-state index in [2.05, 4.69) is 15.2 Å². The summed E-state index contributed by atoms with van der Waals surface area (Å²) in [5.41, 5.74) is 0.296.